The molecule has 0 heterocycles. The van der Waals surface area contributed by atoms with Gasteiger partial charge >= 0.3 is 5.97 Å². The number of hydrogen-bond donors (Lipinski definition) is 0. The van der Waals surface area contributed by atoms with Crippen molar-refractivity contribution in [2.24, 2.45) is 0 Å². The van der Waals surface area contributed by atoms with Crippen LogP contribution in [0.25, 0.3) is 0 Å². The van der Waals surface area contributed by atoms with Gasteiger partial charge in [0.1, 0.15) is 5.82 Å². The van der Waals surface area contributed by atoms with Crippen molar-refractivity contribution in [1.29, 1.82) is 0 Å². The second kappa shape index (κ2) is 8.28. The number of benzene rings is 2. The van der Waals surface area contributed by atoms with Crippen LogP contribution >= 0.6 is 0 Å². The number of carbonyl (C=O) groups is 2. The molecule has 0 atom stereocenters. The highest BCUT2D eigenvalue weighted by molar-refractivity contribution is 5.91. The summed E-state index contributed by atoms with van der Waals surface area (Å²) in [5, 5.41) is 0. The smallest absolute Gasteiger partial charge is 0.338 e. The van der Waals surface area contributed by atoms with Crippen LogP contribution in [-0.4, -0.2) is 44.5 Å². The van der Waals surface area contributed by atoms with Crippen LogP contribution in [0.5, 0.6) is 0 Å². The van der Waals surface area contributed by atoms with Crippen molar-refractivity contribution in [3.05, 3.63) is 65.5 Å². The molecule has 0 saturated heterocycles. The SMILES string of the molecule is CN(Cc1ccc(F)cc1)C(=O)COC(=O)c1ccc(N(C)C)cc1. The Kier molecular flexibility index (Phi) is 6.11. The van der Waals surface area contributed by atoms with E-state index in [1.807, 2.05) is 19.0 Å². The molecular weight excluding hydrogens is 323 g/mol. The monoisotopic (exact) mass is 344 g/mol. The first-order valence-corrected chi connectivity index (χ1v) is 7.79. The highest BCUT2D eigenvalue weighted by Crippen LogP contribution is 2.13. The Labute approximate surface area is 146 Å². The van der Waals surface area contributed by atoms with Crippen LogP contribution in [0.15, 0.2) is 48.5 Å². The highest BCUT2D eigenvalue weighted by atomic mass is 19.1. The minimum absolute atomic E-state index is 0.314. The summed E-state index contributed by atoms with van der Waals surface area (Å²) in [5.74, 6) is -1.21. The van der Waals surface area contributed by atoms with E-state index in [1.54, 1.807) is 43.4 Å². The third-order valence-electron chi connectivity index (χ3n) is 3.70. The first kappa shape index (κ1) is 18.4. The summed E-state index contributed by atoms with van der Waals surface area (Å²) in [4.78, 5) is 27.4. The Morgan fingerprint density at radius 2 is 1.56 bits per heavy atom. The number of hydrogen-bond acceptors (Lipinski definition) is 4. The van der Waals surface area contributed by atoms with Crippen molar-refractivity contribution in [2.75, 3.05) is 32.6 Å². The Morgan fingerprint density at radius 1 is 0.960 bits per heavy atom. The number of amides is 1. The van der Waals surface area contributed by atoms with Crippen LogP contribution in [0.1, 0.15) is 15.9 Å². The van der Waals surface area contributed by atoms with Crippen molar-refractivity contribution in [3.8, 4) is 0 Å². The molecule has 1 amide bonds. The quantitative estimate of drug-likeness (QED) is 0.756. The van der Waals surface area contributed by atoms with Gasteiger partial charge in [-0.2, -0.15) is 0 Å². The van der Waals surface area contributed by atoms with E-state index < -0.39 is 5.97 Å². The fourth-order valence-corrected chi connectivity index (χ4v) is 2.17. The summed E-state index contributed by atoms with van der Waals surface area (Å²) >= 11 is 0. The molecule has 2 rings (SSSR count). The lowest BCUT2D eigenvalue weighted by molar-refractivity contribution is -0.133. The van der Waals surface area contributed by atoms with Crippen molar-refractivity contribution in [3.63, 3.8) is 0 Å². The van der Waals surface area contributed by atoms with Crippen molar-refractivity contribution >= 4 is 17.6 Å². The molecule has 0 N–H and O–H groups in total. The molecule has 0 saturated carbocycles. The zero-order valence-electron chi connectivity index (χ0n) is 14.5. The maximum Gasteiger partial charge on any atom is 0.338 e. The number of likely N-dealkylation sites (N-methyl/N-ethyl adjacent to an activating group) is 1. The van der Waals surface area contributed by atoms with Gasteiger partial charge < -0.3 is 14.5 Å². The molecule has 0 aromatic heterocycles. The lowest BCUT2D eigenvalue weighted by Gasteiger charge is -2.17. The second-order valence-corrected chi connectivity index (χ2v) is 5.89. The van der Waals surface area contributed by atoms with Gasteiger partial charge in [0.05, 0.1) is 5.56 Å². The van der Waals surface area contributed by atoms with E-state index in [4.69, 9.17) is 4.74 Å². The largest absolute Gasteiger partial charge is 0.452 e. The molecule has 0 aliphatic heterocycles. The number of anilines is 1. The fraction of sp³-hybridized carbons (Fsp3) is 0.263. The Morgan fingerprint density at radius 3 is 2.12 bits per heavy atom. The number of esters is 1. The van der Waals surface area contributed by atoms with Gasteiger partial charge in [-0.3, -0.25) is 4.79 Å². The van der Waals surface area contributed by atoms with Crippen LogP contribution in [0.3, 0.4) is 0 Å². The third kappa shape index (κ3) is 5.31. The first-order valence-electron chi connectivity index (χ1n) is 7.79. The number of carbonyl (C=O) groups excluding carboxylic acids is 2. The molecule has 0 aliphatic rings. The lowest BCUT2D eigenvalue weighted by Crippen LogP contribution is -2.30. The van der Waals surface area contributed by atoms with Gasteiger partial charge in [-0.15, -0.1) is 0 Å². The van der Waals surface area contributed by atoms with Crippen molar-refractivity contribution < 1.29 is 18.7 Å². The topological polar surface area (TPSA) is 49.9 Å². The summed E-state index contributed by atoms with van der Waals surface area (Å²) in [7, 11) is 5.41. The summed E-state index contributed by atoms with van der Waals surface area (Å²) in [6.45, 7) is -0.0276. The average molecular weight is 344 g/mol. The van der Waals surface area contributed by atoms with Gasteiger partial charge in [0.2, 0.25) is 0 Å². The molecule has 0 fully saturated rings. The Bertz CT molecular complexity index is 727. The number of rotatable bonds is 6. The third-order valence-corrected chi connectivity index (χ3v) is 3.70. The van der Waals surface area contributed by atoms with Crippen LogP contribution in [0.4, 0.5) is 10.1 Å². The van der Waals surface area contributed by atoms with E-state index >= 15 is 0 Å². The zero-order valence-corrected chi connectivity index (χ0v) is 14.5. The normalized spacial score (nSPS) is 10.2. The maximum atomic E-state index is 12.9. The molecule has 2 aromatic rings. The first-order chi connectivity index (χ1) is 11.9. The summed E-state index contributed by atoms with van der Waals surface area (Å²) < 4.78 is 17.9. The second-order valence-electron chi connectivity index (χ2n) is 5.89. The van der Waals surface area contributed by atoms with E-state index in [0.29, 0.717) is 12.1 Å². The fourth-order valence-electron chi connectivity index (χ4n) is 2.17. The average Bonchev–Trinajstić information content (AvgIpc) is 2.61. The summed E-state index contributed by atoms with van der Waals surface area (Å²) in [5.41, 5.74) is 2.15. The Hall–Kier alpha value is -2.89. The predicted octanol–water partition coefficient (Wildman–Crippen LogP) is 2.71. The molecule has 25 heavy (non-hydrogen) atoms. The van der Waals surface area contributed by atoms with Crippen LogP contribution in [-0.2, 0) is 16.1 Å². The summed E-state index contributed by atoms with van der Waals surface area (Å²) in [6, 6.07) is 12.8. The van der Waals surface area contributed by atoms with Gasteiger partial charge in [0.15, 0.2) is 6.61 Å². The molecule has 0 unspecified atom stereocenters. The van der Waals surface area contributed by atoms with Crippen LogP contribution in [0.2, 0.25) is 0 Å². The molecule has 6 heteroatoms. The molecule has 2 aromatic carbocycles. The van der Waals surface area contributed by atoms with E-state index in [2.05, 4.69) is 0 Å². The highest BCUT2D eigenvalue weighted by Gasteiger charge is 2.14. The maximum absolute atomic E-state index is 12.9. The molecule has 0 aliphatic carbocycles. The molecule has 0 radical (unpaired) electrons. The van der Waals surface area contributed by atoms with E-state index in [9.17, 15) is 14.0 Å². The van der Waals surface area contributed by atoms with E-state index in [0.717, 1.165) is 11.3 Å². The van der Waals surface area contributed by atoms with Crippen LogP contribution in [0, 0.1) is 5.82 Å². The summed E-state index contributed by atoms with van der Waals surface area (Å²) in [6.07, 6.45) is 0. The predicted molar refractivity (Wildman–Crippen MR) is 93.9 cm³/mol. The van der Waals surface area contributed by atoms with Gasteiger partial charge in [0.25, 0.3) is 5.91 Å². The van der Waals surface area contributed by atoms with Crippen LogP contribution < -0.4 is 4.90 Å². The van der Waals surface area contributed by atoms with Gasteiger partial charge in [-0.25, -0.2) is 9.18 Å². The minimum Gasteiger partial charge on any atom is -0.452 e. The molecule has 5 nitrogen and oxygen atoms in total. The van der Waals surface area contributed by atoms with Crippen molar-refractivity contribution in [2.45, 2.75) is 6.54 Å². The van der Waals surface area contributed by atoms with Gasteiger partial charge in [-0.1, -0.05) is 12.1 Å². The molecule has 0 spiro atoms. The number of ether oxygens (including phenoxy) is 1. The number of nitrogens with zero attached hydrogens (tertiary/aromatic N) is 2. The Balaban J connectivity index is 1.85. The molecule has 0 bridgehead atoms. The van der Waals surface area contributed by atoms with Crippen molar-refractivity contribution in [1.82, 2.24) is 4.90 Å². The standard InChI is InChI=1S/C19H21FN2O3/c1-21(2)17-10-6-15(7-11-17)19(24)25-13-18(23)22(3)12-14-4-8-16(20)9-5-14/h4-11H,12-13H2,1-3H3. The van der Waals surface area contributed by atoms with E-state index in [1.165, 1.54) is 17.0 Å². The molecular formula is C19H21FN2O3. The lowest BCUT2D eigenvalue weighted by atomic mass is 10.2. The zero-order chi connectivity index (χ0) is 18.4. The van der Waals surface area contributed by atoms with Gasteiger partial charge in [-0.05, 0) is 42.0 Å². The molecule has 132 valence electrons. The van der Waals surface area contributed by atoms with E-state index in [-0.39, 0.29) is 18.3 Å². The number of halogens is 1. The minimum atomic E-state index is -0.547. The van der Waals surface area contributed by atoms with Gasteiger partial charge in [0, 0.05) is 33.4 Å².